The molecule has 2 fully saturated rings. The van der Waals surface area contributed by atoms with Crippen molar-refractivity contribution in [2.24, 2.45) is 27.5 Å². The van der Waals surface area contributed by atoms with Crippen LogP contribution in [-0.4, -0.2) is 20.2 Å². The molecular weight excluding hydrogens is 320 g/mol. The lowest BCUT2D eigenvalue weighted by molar-refractivity contribution is 0.164. The van der Waals surface area contributed by atoms with Gasteiger partial charge in [-0.15, -0.1) is 0 Å². The molecule has 1 aromatic rings. The van der Waals surface area contributed by atoms with E-state index in [4.69, 9.17) is 10.2 Å². The summed E-state index contributed by atoms with van der Waals surface area (Å²) in [5.41, 5.74) is 0.0885. The topological polar surface area (TPSA) is 58.9 Å². The third-order valence-corrected chi connectivity index (χ3v) is 7.36. The molecule has 0 amide bonds. The highest BCUT2D eigenvalue weighted by molar-refractivity contribution is 7.93. The summed E-state index contributed by atoms with van der Waals surface area (Å²) in [4.78, 5) is 0. The van der Waals surface area contributed by atoms with Crippen molar-refractivity contribution >= 4 is 9.84 Å². The summed E-state index contributed by atoms with van der Waals surface area (Å²) in [6.45, 7) is 4.43. The van der Waals surface area contributed by atoms with E-state index in [1.165, 1.54) is 23.6 Å². The monoisotopic (exact) mass is 344 g/mol. The minimum atomic E-state index is -3.19. The Morgan fingerprint density at radius 1 is 1.08 bits per heavy atom. The van der Waals surface area contributed by atoms with Gasteiger partial charge >= 0.3 is 0 Å². The first-order valence-electron chi connectivity index (χ1n) is 8.63. The number of hydrogen-bond donors (Lipinski definition) is 0. The predicted molar refractivity (Wildman–Crippen MR) is 94.3 cm³/mol. The van der Waals surface area contributed by atoms with Gasteiger partial charge in [0.2, 0.25) is 0 Å². The van der Waals surface area contributed by atoms with Gasteiger partial charge in [0.15, 0.2) is 9.84 Å². The second-order valence-corrected chi connectivity index (χ2v) is 9.99. The molecule has 1 aliphatic heterocycles. The van der Waals surface area contributed by atoms with E-state index in [-0.39, 0.29) is 11.0 Å². The van der Waals surface area contributed by atoms with Crippen LogP contribution in [-0.2, 0) is 15.4 Å². The maximum Gasteiger partial charge on any atom is 0.168 e. The number of benzene rings is 1. The smallest absolute Gasteiger partial charge is 0.168 e. The molecule has 4 atom stereocenters. The molecule has 1 heterocycles. The largest absolute Gasteiger partial charge is 0.225 e. The van der Waals surface area contributed by atoms with Crippen LogP contribution >= 0.6 is 0 Å². The first-order valence-corrected chi connectivity index (χ1v) is 10.6. The molecule has 2 bridgehead atoms. The van der Waals surface area contributed by atoms with Gasteiger partial charge in [0.25, 0.3) is 0 Å². The van der Waals surface area contributed by atoms with E-state index in [1.54, 1.807) is 0 Å². The van der Waals surface area contributed by atoms with Crippen LogP contribution in [0.2, 0.25) is 0 Å². The zero-order valence-corrected chi connectivity index (χ0v) is 15.3. The zero-order chi connectivity index (χ0) is 17.2. The van der Waals surface area contributed by atoms with E-state index >= 15 is 0 Å². The number of sulfone groups is 1. The van der Waals surface area contributed by atoms with Crippen LogP contribution < -0.4 is 0 Å². The summed E-state index contributed by atoms with van der Waals surface area (Å²) >= 11 is 0. The number of hydrogen-bond acceptors (Lipinski definition) is 4. The Bertz CT molecular complexity index is 828. The maximum atomic E-state index is 11.8. The average Bonchev–Trinajstić information content (AvgIpc) is 3.13. The zero-order valence-electron chi connectivity index (χ0n) is 14.4. The number of rotatable bonds is 3. The third-order valence-electron chi connectivity index (χ3n) is 6.73. The predicted octanol–water partition coefficient (Wildman–Crippen LogP) is 4.10. The first kappa shape index (κ1) is 16.0. The molecule has 0 unspecified atom stereocenters. The van der Waals surface area contributed by atoms with Gasteiger partial charge in [-0.1, -0.05) is 50.6 Å². The Balaban J connectivity index is 1.94. The Morgan fingerprint density at radius 2 is 1.75 bits per heavy atom. The number of azo groups is 1. The highest BCUT2D eigenvalue weighted by Gasteiger charge is 2.76. The van der Waals surface area contributed by atoms with Gasteiger partial charge in [-0.25, -0.2) is 8.42 Å². The second-order valence-electron chi connectivity index (χ2n) is 8.06. The van der Waals surface area contributed by atoms with Crippen LogP contribution in [0.25, 0.3) is 0 Å². The lowest BCUT2D eigenvalue weighted by Crippen LogP contribution is -2.45. The fraction of sp³-hybridized carbons (Fsp3) is 0.579. The van der Waals surface area contributed by atoms with Crippen LogP contribution in [0.5, 0.6) is 0 Å². The van der Waals surface area contributed by atoms with Gasteiger partial charge in [-0.2, -0.15) is 10.2 Å². The van der Waals surface area contributed by atoms with Crippen molar-refractivity contribution < 1.29 is 8.42 Å². The molecule has 0 aromatic heterocycles. The van der Waals surface area contributed by atoms with Crippen molar-refractivity contribution in [3.63, 3.8) is 0 Å². The molecule has 128 valence electrons. The molecular formula is C19H24N2O2S. The Kier molecular flexibility index (Phi) is 3.19. The quantitative estimate of drug-likeness (QED) is 0.829. The van der Waals surface area contributed by atoms with Crippen LogP contribution in [0.4, 0.5) is 0 Å². The van der Waals surface area contributed by atoms with E-state index in [9.17, 15) is 8.42 Å². The fourth-order valence-corrected chi connectivity index (χ4v) is 6.15. The molecule has 4 nitrogen and oxygen atoms in total. The van der Waals surface area contributed by atoms with E-state index in [2.05, 4.69) is 38.1 Å². The minimum absolute atomic E-state index is 0.252. The van der Waals surface area contributed by atoms with Crippen molar-refractivity contribution in [2.75, 3.05) is 6.26 Å². The van der Waals surface area contributed by atoms with Crippen LogP contribution in [0.3, 0.4) is 0 Å². The molecule has 1 aromatic carbocycles. The Hall–Kier alpha value is -1.49. The number of nitrogens with zero attached hydrogens (tertiary/aromatic N) is 2. The lowest BCUT2D eigenvalue weighted by Gasteiger charge is -2.40. The lowest BCUT2D eigenvalue weighted by atomic mass is 9.63. The SMILES string of the molecule is CC1(C)[C@@]2(/C=C/S(C)(=O)=O)N=N[C@]1(c1ccccc1)[C@@H]1CCC[C@@H]12. The summed E-state index contributed by atoms with van der Waals surface area (Å²) < 4.78 is 23.5. The summed E-state index contributed by atoms with van der Waals surface area (Å²) in [5.74, 6) is 0.791. The van der Waals surface area contributed by atoms with Crippen molar-refractivity contribution in [1.29, 1.82) is 0 Å². The first-order chi connectivity index (χ1) is 11.2. The van der Waals surface area contributed by atoms with Gasteiger partial charge in [0, 0.05) is 17.1 Å². The summed E-state index contributed by atoms with van der Waals surface area (Å²) in [6.07, 6.45) is 6.48. The van der Waals surface area contributed by atoms with Gasteiger partial charge in [-0.05, 0) is 36.3 Å². The fourth-order valence-electron chi connectivity index (χ4n) is 5.70. The molecule has 4 rings (SSSR count). The standard InChI is InChI=1S/C19H24N2O2S/c1-17(2)18(12-13-24(3,22)23)15-10-7-11-16(15)19(17,21-20-18)14-8-5-4-6-9-14/h4-6,8-9,12-13,15-16H,7,10-11H2,1-3H3/b13-12+/t15-,16+,18-,19+/m0/s1. The van der Waals surface area contributed by atoms with Crippen molar-refractivity contribution in [3.05, 3.63) is 47.4 Å². The van der Waals surface area contributed by atoms with Gasteiger partial charge < -0.3 is 0 Å². The maximum absolute atomic E-state index is 11.8. The van der Waals surface area contributed by atoms with Crippen molar-refractivity contribution in [1.82, 2.24) is 0 Å². The molecule has 3 aliphatic rings. The van der Waals surface area contributed by atoms with Gasteiger partial charge in [-0.3, -0.25) is 0 Å². The number of fused-ring (bicyclic) bond motifs is 5. The van der Waals surface area contributed by atoms with Gasteiger partial charge in [0.05, 0.1) is 0 Å². The van der Waals surface area contributed by atoms with Crippen LogP contribution in [0.15, 0.2) is 52.0 Å². The summed E-state index contributed by atoms with van der Waals surface area (Å²) in [5, 5.41) is 11.0. The van der Waals surface area contributed by atoms with Crippen molar-refractivity contribution in [3.8, 4) is 0 Å². The molecule has 0 spiro atoms. The normalized spacial score (nSPS) is 39.6. The van der Waals surface area contributed by atoms with E-state index in [1.807, 2.05) is 12.1 Å². The highest BCUT2D eigenvalue weighted by atomic mass is 32.2. The third kappa shape index (κ3) is 1.76. The summed E-state index contributed by atoms with van der Waals surface area (Å²) in [7, 11) is -3.19. The molecule has 0 radical (unpaired) electrons. The summed E-state index contributed by atoms with van der Waals surface area (Å²) in [6, 6.07) is 10.4. The average molecular weight is 344 g/mol. The van der Waals surface area contributed by atoms with Crippen molar-refractivity contribution in [2.45, 2.75) is 44.2 Å². The van der Waals surface area contributed by atoms with Crippen LogP contribution in [0.1, 0.15) is 38.7 Å². The molecule has 0 N–H and O–H groups in total. The van der Waals surface area contributed by atoms with E-state index in [0.29, 0.717) is 11.8 Å². The van der Waals surface area contributed by atoms with Crippen LogP contribution in [0, 0.1) is 17.3 Å². The minimum Gasteiger partial charge on any atom is -0.225 e. The molecule has 0 saturated heterocycles. The van der Waals surface area contributed by atoms with E-state index < -0.39 is 15.4 Å². The Morgan fingerprint density at radius 3 is 2.42 bits per heavy atom. The molecule has 5 heteroatoms. The molecule has 2 aliphatic carbocycles. The second kappa shape index (κ2) is 4.78. The highest BCUT2D eigenvalue weighted by Crippen LogP contribution is 2.74. The van der Waals surface area contributed by atoms with E-state index in [0.717, 1.165) is 12.8 Å². The molecule has 24 heavy (non-hydrogen) atoms. The Labute approximate surface area is 144 Å². The molecule has 2 saturated carbocycles. The van der Waals surface area contributed by atoms with Gasteiger partial charge in [0.1, 0.15) is 11.1 Å².